The second-order valence-corrected chi connectivity index (χ2v) is 6.99. The summed E-state index contributed by atoms with van der Waals surface area (Å²) in [7, 11) is 0. The van der Waals surface area contributed by atoms with Crippen molar-refractivity contribution in [1.29, 1.82) is 0 Å². The standard InChI is InChI=1S/C16H30O/c1-6-7-8-15(17)14-11-16(4,5)10-9-13(14)12(2)3/h12-14H,6-11H2,1-5H3/t13-,14+/m0/s1. The monoisotopic (exact) mass is 238 g/mol. The predicted molar refractivity (Wildman–Crippen MR) is 74.0 cm³/mol. The summed E-state index contributed by atoms with van der Waals surface area (Å²) >= 11 is 0. The molecule has 0 spiro atoms. The lowest BCUT2D eigenvalue weighted by Crippen LogP contribution is -2.37. The fourth-order valence-electron chi connectivity index (χ4n) is 3.29. The largest absolute Gasteiger partial charge is 0.299 e. The van der Waals surface area contributed by atoms with Crippen molar-refractivity contribution in [3.05, 3.63) is 0 Å². The number of ketones is 1. The third-order valence-electron chi connectivity index (χ3n) is 4.49. The van der Waals surface area contributed by atoms with Gasteiger partial charge in [-0.05, 0) is 42.9 Å². The Kier molecular flexibility index (Phi) is 5.22. The van der Waals surface area contributed by atoms with E-state index >= 15 is 0 Å². The molecule has 0 aromatic rings. The van der Waals surface area contributed by atoms with Crippen molar-refractivity contribution in [2.24, 2.45) is 23.2 Å². The molecule has 1 aliphatic rings. The Morgan fingerprint density at radius 3 is 2.53 bits per heavy atom. The van der Waals surface area contributed by atoms with Crippen LogP contribution in [0.5, 0.6) is 0 Å². The maximum absolute atomic E-state index is 12.4. The van der Waals surface area contributed by atoms with E-state index in [0.29, 0.717) is 29.0 Å². The van der Waals surface area contributed by atoms with Crippen molar-refractivity contribution in [3.8, 4) is 0 Å². The van der Waals surface area contributed by atoms with E-state index in [9.17, 15) is 4.79 Å². The van der Waals surface area contributed by atoms with Crippen molar-refractivity contribution in [1.82, 2.24) is 0 Å². The van der Waals surface area contributed by atoms with Crippen LogP contribution in [0.1, 0.15) is 73.1 Å². The fourth-order valence-corrected chi connectivity index (χ4v) is 3.29. The van der Waals surface area contributed by atoms with Gasteiger partial charge in [-0.2, -0.15) is 0 Å². The molecule has 1 nitrogen and oxygen atoms in total. The summed E-state index contributed by atoms with van der Waals surface area (Å²) in [5.41, 5.74) is 0.373. The number of carbonyl (C=O) groups is 1. The van der Waals surface area contributed by atoms with Crippen LogP contribution in [0.25, 0.3) is 0 Å². The number of hydrogen-bond acceptors (Lipinski definition) is 1. The maximum atomic E-state index is 12.4. The van der Waals surface area contributed by atoms with Crippen molar-refractivity contribution < 1.29 is 4.79 Å². The van der Waals surface area contributed by atoms with Crippen molar-refractivity contribution in [2.45, 2.75) is 73.1 Å². The molecule has 2 atom stereocenters. The smallest absolute Gasteiger partial charge is 0.136 e. The molecule has 1 rings (SSSR count). The van der Waals surface area contributed by atoms with E-state index < -0.39 is 0 Å². The molecule has 0 radical (unpaired) electrons. The topological polar surface area (TPSA) is 17.1 Å². The van der Waals surface area contributed by atoms with Crippen molar-refractivity contribution >= 4 is 5.78 Å². The molecule has 1 saturated carbocycles. The molecular formula is C16H30O. The Hall–Kier alpha value is -0.330. The Balaban J connectivity index is 2.70. The van der Waals surface area contributed by atoms with Crippen molar-refractivity contribution in [2.75, 3.05) is 0 Å². The summed E-state index contributed by atoms with van der Waals surface area (Å²) in [6.45, 7) is 11.4. The zero-order valence-corrected chi connectivity index (χ0v) is 12.4. The zero-order chi connectivity index (χ0) is 13.1. The summed E-state index contributed by atoms with van der Waals surface area (Å²) in [5.74, 6) is 2.16. The summed E-state index contributed by atoms with van der Waals surface area (Å²) in [6.07, 6.45) is 6.65. The Morgan fingerprint density at radius 2 is 2.00 bits per heavy atom. The predicted octanol–water partition coefficient (Wildman–Crippen LogP) is 4.84. The van der Waals surface area contributed by atoms with Crippen LogP contribution in [-0.2, 0) is 4.79 Å². The van der Waals surface area contributed by atoms with E-state index in [2.05, 4.69) is 34.6 Å². The first-order valence-electron chi connectivity index (χ1n) is 7.40. The van der Waals surface area contributed by atoms with Gasteiger partial charge in [0.15, 0.2) is 0 Å². The molecule has 0 amide bonds. The van der Waals surface area contributed by atoms with Gasteiger partial charge in [-0.15, -0.1) is 0 Å². The molecule has 0 aliphatic heterocycles. The lowest BCUT2D eigenvalue weighted by molar-refractivity contribution is -0.128. The molecule has 0 unspecified atom stereocenters. The minimum absolute atomic E-state index is 0.338. The van der Waals surface area contributed by atoms with Crippen LogP contribution < -0.4 is 0 Å². The first-order valence-corrected chi connectivity index (χ1v) is 7.40. The van der Waals surface area contributed by atoms with Gasteiger partial charge in [0.25, 0.3) is 0 Å². The van der Waals surface area contributed by atoms with Crippen LogP contribution in [-0.4, -0.2) is 5.78 Å². The highest BCUT2D eigenvalue weighted by Gasteiger charge is 2.39. The minimum atomic E-state index is 0.338. The van der Waals surface area contributed by atoms with Crippen LogP contribution >= 0.6 is 0 Å². The van der Waals surface area contributed by atoms with E-state index in [-0.39, 0.29) is 0 Å². The molecule has 1 heteroatoms. The Labute approximate surface area is 107 Å². The minimum Gasteiger partial charge on any atom is -0.299 e. The van der Waals surface area contributed by atoms with Crippen LogP contribution in [0.2, 0.25) is 0 Å². The van der Waals surface area contributed by atoms with Crippen molar-refractivity contribution in [3.63, 3.8) is 0 Å². The molecule has 0 saturated heterocycles. The SMILES string of the molecule is CCCCC(=O)[C@@H]1CC(C)(C)CC[C@H]1C(C)C. The van der Waals surface area contributed by atoms with E-state index in [1.54, 1.807) is 0 Å². The van der Waals surface area contributed by atoms with Gasteiger partial charge in [0, 0.05) is 12.3 Å². The number of rotatable bonds is 5. The number of hydrogen-bond donors (Lipinski definition) is 0. The van der Waals surface area contributed by atoms with Crippen LogP contribution in [0.3, 0.4) is 0 Å². The maximum Gasteiger partial charge on any atom is 0.136 e. The molecule has 0 bridgehead atoms. The van der Waals surface area contributed by atoms with E-state index in [1.165, 1.54) is 12.8 Å². The van der Waals surface area contributed by atoms with Gasteiger partial charge in [-0.1, -0.05) is 41.0 Å². The van der Waals surface area contributed by atoms with Gasteiger partial charge in [-0.25, -0.2) is 0 Å². The molecular weight excluding hydrogens is 208 g/mol. The van der Waals surface area contributed by atoms with E-state index in [1.807, 2.05) is 0 Å². The van der Waals surface area contributed by atoms with Gasteiger partial charge in [-0.3, -0.25) is 4.79 Å². The van der Waals surface area contributed by atoms with Crippen LogP contribution in [0.15, 0.2) is 0 Å². The lowest BCUT2D eigenvalue weighted by Gasteiger charge is -2.42. The van der Waals surface area contributed by atoms with E-state index in [0.717, 1.165) is 25.7 Å². The summed E-state index contributed by atoms with van der Waals surface area (Å²) in [5, 5.41) is 0. The van der Waals surface area contributed by atoms with E-state index in [4.69, 9.17) is 0 Å². The second kappa shape index (κ2) is 6.02. The molecule has 0 N–H and O–H groups in total. The number of carbonyl (C=O) groups excluding carboxylic acids is 1. The molecule has 1 fully saturated rings. The highest BCUT2D eigenvalue weighted by atomic mass is 16.1. The number of unbranched alkanes of at least 4 members (excludes halogenated alkanes) is 1. The molecule has 0 aromatic heterocycles. The summed E-state index contributed by atoms with van der Waals surface area (Å²) < 4.78 is 0. The summed E-state index contributed by atoms with van der Waals surface area (Å²) in [6, 6.07) is 0. The average Bonchev–Trinajstić information content (AvgIpc) is 2.24. The van der Waals surface area contributed by atoms with Gasteiger partial charge >= 0.3 is 0 Å². The third-order valence-corrected chi connectivity index (χ3v) is 4.49. The van der Waals surface area contributed by atoms with Gasteiger partial charge < -0.3 is 0 Å². The normalized spacial score (nSPS) is 28.4. The van der Waals surface area contributed by atoms with Gasteiger partial charge in [0.05, 0.1) is 0 Å². The Bertz CT molecular complexity index is 252. The fraction of sp³-hybridized carbons (Fsp3) is 0.938. The second-order valence-electron chi connectivity index (χ2n) is 6.99. The molecule has 0 heterocycles. The molecule has 0 aromatic carbocycles. The van der Waals surface area contributed by atoms with Gasteiger partial charge in [0.2, 0.25) is 0 Å². The molecule has 17 heavy (non-hydrogen) atoms. The molecule has 100 valence electrons. The summed E-state index contributed by atoms with van der Waals surface area (Å²) in [4.78, 5) is 12.4. The van der Waals surface area contributed by atoms with Crippen LogP contribution in [0, 0.1) is 23.2 Å². The highest BCUT2D eigenvalue weighted by molar-refractivity contribution is 5.81. The highest BCUT2D eigenvalue weighted by Crippen LogP contribution is 2.45. The first-order chi connectivity index (χ1) is 7.87. The quantitative estimate of drug-likeness (QED) is 0.669. The van der Waals surface area contributed by atoms with Crippen LogP contribution in [0.4, 0.5) is 0 Å². The average molecular weight is 238 g/mol. The first kappa shape index (κ1) is 14.7. The lowest BCUT2D eigenvalue weighted by atomic mass is 9.62. The van der Waals surface area contributed by atoms with Gasteiger partial charge in [0.1, 0.15) is 5.78 Å². The zero-order valence-electron chi connectivity index (χ0n) is 12.4. The number of Topliss-reactive ketones (excluding diaryl/α,β-unsaturated/α-hetero) is 1. The molecule has 1 aliphatic carbocycles. The third kappa shape index (κ3) is 4.12. The Morgan fingerprint density at radius 1 is 1.35 bits per heavy atom.